The Labute approximate surface area is 124 Å². The largest absolute Gasteiger partial charge is 0.447 e. The van der Waals surface area contributed by atoms with E-state index in [1.165, 1.54) is 18.0 Å². The van der Waals surface area contributed by atoms with E-state index in [0.29, 0.717) is 18.8 Å². The summed E-state index contributed by atoms with van der Waals surface area (Å²) in [6.07, 6.45) is 0. The van der Waals surface area contributed by atoms with Gasteiger partial charge in [-0.15, -0.1) is 11.3 Å². The van der Waals surface area contributed by atoms with Gasteiger partial charge in [-0.3, -0.25) is 0 Å². The fraction of sp³-hybridized carbons (Fsp3) is 0.273. The second-order valence-electron chi connectivity index (χ2n) is 3.72. The van der Waals surface area contributed by atoms with Gasteiger partial charge in [0.05, 0.1) is 6.54 Å². The first-order valence-electron chi connectivity index (χ1n) is 5.48. The first kappa shape index (κ1) is 14.7. The van der Waals surface area contributed by atoms with E-state index in [4.69, 9.17) is 4.42 Å². The van der Waals surface area contributed by atoms with Gasteiger partial charge in [0.2, 0.25) is 5.09 Å². The van der Waals surface area contributed by atoms with Crippen LogP contribution < -0.4 is 10.0 Å². The third-order valence-corrected chi connectivity index (χ3v) is 5.66. The minimum Gasteiger partial charge on any atom is -0.447 e. The Bertz CT molecular complexity index is 648. The first-order valence-corrected chi connectivity index (χ1v) is 8.63. The third-order valence-electron chi connectivity index (χ3n) is 2.45. The lowest BCUT2D eigenvalue weighted by molar-refractivity contribution is 0.400. The molecule has 0 saturated carbocycles. The molecule has 0 aliphatic heterocycles. The molecular weight excluding hydrogens is 352 g/mol. The molecule has 0 fully saturated rings. The van der Waals surface area contributed by atoms with E-state index >= 15 is 0 Å². The van der Waals surface area contributed by atoms with E-state index in [2.05, 4.69) is 26.0 Å². The molecule has 2 heterocycles. The van der Waals surface area contributed by atoms with Crippen LogP contribution >= 0.6 is 27.3 Å². The van der Waals surface area contributed by atoms with Gasteiger partial charge in [-0.25, -0.2) is 13.1 Å². The van der Waals surface area contributed by atoms with E-state index in [9.17, 15) is 8.42 Å². The zero-order chi connectivity index (χ0) is 13.9. The van der Waals surface area contributed by atoms with E-state index in [0.717, 1.165) is 4.47 Å². The summed E-state index contributed by atoms with van der Waals surface area (Å²) in [5, 5.41) is 5.14. The molecule has 0 aromatic carbocycles. The predicted molar refractivity (Wildman–Crippen MR) is 77.5 cm³/mol. The van der Waals surface area contributed by atoms with Gasteiger partial charge in [-0.2, -0.15) is 0 Å². The summed E-state index contributed by atoms with van der Waals surface area (Å²) in [5.74, 6) is 0.585. The van der Waals surface area contributed by atoms with Crippen molar-refractivity contribution in [2.45, 2.75) is 18.2 Å². The highest BCUT2D eigenvalue weighted by Crippen LogP contribution is 2.22. The molecule has 2 aromatic rings. The lowest BCUT2D eigenvalue weighted by Crippen LogP contribution is -2.17. The SMILES string of the molecule is CNS(=O)(=O)c1ccc(CNCc2sccc2Br)o1. The maximum absolute atomic E-state index is 11.5. The summed E-state index contributed by atoms with van der Waals surface area (Å²) in [4.78, 5) is 1.19. The molecule has 0 radical (unpaired) electrons. The Morgan fingerprint density at radius 1 is 1.32 bits per heavy atom. The molecule has 2 rings (SSSR count). The number of hydrogen-bond acceptors (Lipinski definition) is 5. The molecule has 0 unspecified atom stereocenters. The van der Waals surface area contributed by atoms with Crippen molar-refractivity contribution in [1.29, 1.82) is 0 Å². The molecule has 0 amide bonds. The lowest BCUT2D eigenvalue weighted by atomic mass is 10.4. The molecule has 0 saturated heterocycles. The molecule has 0 aliphatic carbocycles. The number of nitrogens with one attached hydrogen (secondary N) is 2. The van der Waals surface area contributed by atoms with Gasteiger partial charge in [0, 0.05) is 15.9 Å². The summed E-state index contributed by atoms with van der Waals surface area (Å²) in [7, 11) is -2.15. The average Bonchev–Trinajstić information content (AvgIpc) is 3.00. The highest BCUT2D eigenvalue weighted by atomic mass is 79.9. The van der Waals surface area contributed by atoms with Gasteiger partial charge < -0.3 is 9.73 Å². The monoisotopic (exact) mass is 364 g/mol. The molecule has 0 bridgehead atoms. The second kappa shape index (κ2) is 6.19. The van der Waals surface area contributed by atoms with Crippen molar-refractivity contribution in [3.63, 3.8) is 0 Å². The minimum atomic E-state index is -3.50. The summed E-state index contributed by atoms with van der Waals surface area (Å²) < 4.78 is 31.5. The van der Waals surface area contributed by atoms with Crippen molar-refractivity contribution in [3.8, 4) is 0 Å². The molecule has 19 heavy (non-hydrogen) atoms. The van der Waals surface area contributed by atoms with Crippen LogP contribution in [0.1, 0.15) is 10.6 Å². The van der Waals surface area contributed by atoms with E-state index in [1.54, 1.807) is 17.4 Å². The maximum atomic E-state index is 11.5. The summed E-state index contributed by atoms with van der Waals surface area (Å²) in [6.45, 7) is 1.18. The van der Waals surface area contributed by atoms with E-state index in [1.807, 2.05) is 11.4 Å². The molecule has 8 heteroatoms. The van der Waals surface area contributed by atoms with Crippen LogP contribution in [0.2, 0.25) is 0 Å². The number of furan rings is 1. The molecule has 2 aromatic heterocycles. The molecule has 2 N–H and O–H groups in total. The predicted octanol–water partition coefficient (Wildman–Crippen LogP) is 2.30. The fourth-order valence-corrected chi connectivity index (χ4v) is 3.58. The van der Waals surface area contributed by atoms with Crippen LogP contribution in [0.5, 0.6) is 0 Å². The molecule has 5 nitrogen and oxygen atoms in total. The van der Waals surface area contributed by atoms with Gasteiger partial charge in [0.25, 0.3) is 10.0 Å². The average molecular weight is 365 g/mol. The smallest absolute Gasteiger partial charge is 0.273 e. The van der Waals surface area contributed by atoms with Crippen LogP contribution in [-0.2, 0) is 23.1 Å². The van der Waals surface area contributed by atoms with Crippen LogP contribution in [0.25, 0.3) is 0 Å². The maximum Gasteiger partial charge on any atom is 0.273 e. The van der Waals surface area contributed by atoms with Gasteiger partial charge in [0.1, 0.15) is 5.76 Å². The number of halogens is 1. The van der Waals surface area contributed by atoms with Crippen molar-refractivity contribution in [3.05, 3.63) is 38.7 Å². The van der Waals surface area contributed by atoms with Gasteiger partial charge >= 0.3 is 0 Å². The van der Waals surface area contributed by atoms with Crippen LogP contribution in [0.4, 0.5) is 0 Å². The van der Waals surface area contributed by atoms with Gasteiger partial charge in [-0.1, -0.05) is 0 Å². The Hall–Kier alpha value is -0.670. The van der Waals surface area contributed by atoms with Crippen molar-refractivity contribution >= 4 is 37.3 Å². The van der Waals surface area contributed by atoms with E-state index in [-0.39, 0.29) is 5.09 Å². The van der Waals surface area contributed by atoms with Crippen LogP contribution in [0.15, 0.2) is 37.6 Å². The zero-order valence-corrected chi connectivity index (χ0v) is 13.4. The van der Waals surface area contributed by atoms with Crippen molar-refractivity contribution in [1.82, 2.24) is 10.0 Å². The van der Waals surface area contributed by atoms with Crippen LogP contribution in [0.3, 0.4) is 0 Å². The minimum absolute atomic E-state index is 0.0656. The van der Waals surface area contributed by atoms with Crippen molar-refractivity contribution in [2.75, 3.05) is 7.05 Å². The number of rotatable bonds is 6. The fourth-order valence-electron chi connectivity index (χ4n) is 1.45. The summed E-state index contributed by atoms with van der Waals surface area (Å²) in [6, 6.07) is 5.09. The second-order valence-corrected chi connectivity index (χ2v) is 7.40. The number of hydrogen-bond donors (Lipinski definition) is 2. The normalized spacial score (nSPS) is 11.9. The van der Waals surface area contributed by atoms with Crippen LogP contribution in [-0.4, -0.2) is 15.5 Å². The summed E-state index contributed by atoms with van der Waals surface area (Å²) >= 11 is 5.10. The molecule has 0 spiro atoms. The van der Waals surface area contributed by atoms with E-state index < -0.39 is 10.0 Å². The van der Waals surface area contributed by atoms with Crippen molar-refractivity contribution < 1.29 is 12.8 Å². The topological polar surface area (TPSA) is 71.3 Å². The quantitative estimate of drug-likeness (QED) is 0.824. The Morgan fingerprint density at radius 2 is 2.11 bits per heavy atom. The highest BCUT2D eigenvalue weighted by Gasteiger charge is 2.16. The standard InChI is InChI=1S/C11H13BrN2O3S2/c1-13-19(15,16)11-3-2-8(17-11)6-14-7-10-9(12)4-5-18-10/h2-5,13-14H,6-7H2,1H3. The van der Waals surface area contributed by atoms with Crippen LogP contribution in [0, 0.1) is 0 Å². The first-order chi connectivity index (χ1) is 9.03. The third kappa shape index (κ3) is 3.67. The summed E-state index contributed by atoms with van der Waals surface area (Å²) in [5.41, 5.74) is 0. The molecule has 0 atom stereocenters. The lowest BCUT2D eigenvalue weighted by Gasteiger charge is -2.01. The Balaban J connectivity index is 1.93. The zero-order valence-electron chi connectivity index (χ0n) is 10.1. The Morgan fingerprint density at radius 3 is 2.74 bits per heavy atom. The Kier molecular flexibility index (Phi) is 4.80. The number of thiophene rings is 1. The van der Waals surface area contributed by atoms with Crippen molar-refractivity contribution in [2.24, 2.45) is 0 Å². The molecule has 0 aliphatic rings. The van der Waals surface area contributed by atoms with Gasteiger partial charge in [0.15, 0.2) is 0 Å². The highest BCUT2D eigenvalue weighted by molar-refractivity contribution is 9.10. The number of sulfonamides is 1. The molecular formula is C11H13BrN2O3S2. The molecule has 104 valence electrons. The van der Waals surface area contributed by atoms with Gasteiger partial charge in [-0.05, 0) is 46.6 Å².